The van der Waals surface area contributed by atoms with Crippen LogP contribution in [0.5, 0.6) is 0 Å². The molecule has 11 heavy (non-hydrogen) atoms. The molecule has 0 saturated heterocycles. The van der Waals surface area contributed by atoms with Crippen molar-refractivity contribution in [1.82, 2.24) is 0 Å². The first-order valence-electron chi connectivity index (χ1n) is 3.78. The third kappa shape index (κ3) is 4.43. The Kier molecular flexibility index (Phi) is 5.26. The molecule has 0 spiro atoms. The second-order valence-corrected chi connectivity index (χ2v) is 2.28. The monoisotopic (exact) mass is 152 g/mol. The van der Waals surface area contributed by atoms with Crippen LogP contribution in [0.25, 0.3) is 0 Å². The first-order chi connectivity index (χ1) is 5.24. The summed E-state index contributed by atoms with van der Waals surface area (Å²) in [6.45, 7) is 7.72. The second-order valence-electron chi connectivity index (χ2n) is 2.28. The van der Waals surface area contributed by atoms with Crippen molar-refractivity contribution in [3.05, 3.63) is 36.1 Å². The Balaban J connectivity index is 4.17. The molecule has 0 atom stereocenters. The van der Waals surface area contributed by atoms with Crippen molar-refractivity contribution in [3.8, 4) is 0 Å². The van der Waals surface area contributed by atoms with Gasteiger partial charge in [0.25, 0.3) is 0 Å². The van der Waals surface area contributed by atoms with E-state index in [1.165, 1.54) is 5.57 Å². The maximum absolute atomic E-state index is 4.97. The van der Waals surface area contributed by atoms with Gasteiger partial charge in [-0.1, -0.05) is 25.7 Å². The first kappa shape index (κ1) is 10.0. The Bertz CT molecular complexity index is 175. The van der Waals surface area contributed by atoms with E-state index >= 15 is 0 Å². The molecule has 0 radical (unpaired) electrons. The zero-order valence-electron chi connectivity index (χ0n) is 7.55. The molecule has 0 heterocycles. The van der Waals surface area contributed by atoms with Crippen LogP contribution in [0.3, 0.4) is 0 Å². The number of rotatable bonds is 4. The largest absolute Gasteiger partial charge is 0.501 e. The molecule has 0 aliphatic heterocycles. The van der Waals surface area contributed by atoms with E-state index in [4.69, 9.17) is 4.74 Å². The third-order valence-electron chi connectivity index (χ3n) is 1.52. The molecule has 0 saturated carbocycles. The number of methoxy groups -OCH3 is 1. The van der Waals surface area contributed by atoms with Crippen LogP contribution in [0.4, 0.5) is 0 Å². The number of hydrogen-bond donors (Lipinski definition) is 0. The van der Waals surface area contributed by atoms with Crippen LogP contribution < -0.4 is 0 Å². The molecule has 0 amide bonds. The molecule has 0 aromatic rings. The van der Waals surface area contributed by atoms with E-state index in [1.807, 2.05) is 25.2 Å². The maximum atomic E-state index is 4.97. The Morgan fingerprint density at radius 1 is 1.45 bits per heavy atom. The second kappa shape index (κ2) is 5.78. The van der Waals surface area contributed by atoms with Gasteiger partial charge in [-0.3, -0.25) is 0 Å². The molecule has 0 aliphatic rings. The summed E-state index contributed by atoms with van der Waals surface area (Å²) in [5, 5.41) is 0. The highest BCUT2D eigenvalue weighted by Gasteiger charge is 1.84. The molecular weight excluding hydrogens is 136 g/mol. The average molecular weight is 152 g/mol. The minimum absolute atomic E-state index is 0.915. The standard InChI is InChI=1S/C10H16O/c1-5-10(6-2)8-7-9(3)11-4/h5,7-8H,1,6H2,2-4H3. The van der Waals surface area contributed by atoms with Gasteiger partial charge in [-0.25, -0.2) is 0 Å². The van der Waals surface area contributed by atoms with Crippen molar-refractivity contribution >= 4 is 0 Å². The van der Waals surface area contributed by atoms with Gasteiger partial charge >= 0.3 is 0 Å². The van der Waals surface area contributed by atoms with Crippen molar-refractivity contribution in [2.45, 2.75) is 20.3 Å². The Labute approximate surface area is 69.1 Å². The van der Waals surface area contributed by atoms with Gasteiger partial charge in [-0.05, 0) is 25.0 Å². The molecule has 0 N–H and O–H groups in total. The predicted molar refractivity (Wildman–Crippen MR) is 49.3 cm³/mol. The van der Waals surface area contributed by atoms with Gasteiger partial charge in [-0.15, -0.1) is 0 Å². The fourth-order valence-corrected chi connectivity index (χ4v) is 0.623. The van der Waals surface area contributed by atoms with Crippen molar-refractivity contribution < 1.29 is 4.74 Å². The molecule has 0 unspecified atom stereocenters. The predicted octanol–water partition coefficient (Wildman–Crippen LogP) is 3.06. The zero-order chi connectivity index (χ0) is 8.69. The highest BCUT2D eigenvalue weighted by Crippen LogP contribution is 2.03. The van der Waals surface area contributed by atoms with Crippen LogP contribution in [-0.4, -0.2) is 7.11 Å². The van der Waals surface area contributed by atoms with E-state index in [-0.39, 0.29) is 0 Å². The molecule has 0 aromatic carbocycles. The Hall–Kier alpha value is -0.980. The summed E-state index contributed by atoms with van der Waals surface area (Å²) in [7, 11) is 1.67. The van der Waals surface area contributed by atoms with Crippen LogP contribution in [0, 0.1) is 0 Å². The van der Waals surface area contributed by atoms with E-state index in [1.54, 1.807) is 7.11 Å². The van der Waals surface area contributed by atoms with Gasteiger partial charge in [0, 0.05) is 0 Å². The van der Waals surface area contributed by atoms with Crippen molar-refractivity contribution in [2.75, 3.05) is 7.11 Å². The highest BCUT2D eigenvalue weighted by atomic mass is 16.5. The number of hydrogen-bond acceptors (Lipinski definition) is 1. The molecule has 0 aliphatic carbocycles. The number of ether oxygens (including phenoxy) is 1. The van der Waals surface area contributed by atoms with Gasteiger partial charge in [0.1, 0.15) is 0 Å². The average Bonchev–Trinajstić information content (AvgIpc) is 2.06. The lowest BCUT2D eigenvalue weighted by Crippen LogP contribution is -1.78. The van der Waals surface area contributed by atoms with Gasteiger partial charge in [0.2, 0.25) is 0 Å². The summed E-state index contributed by atoms with van der Waals surface area (Å²) in [6.07, 6.45) is 6.84. The van der Waals surface area contributed by atoms with Crippen molar-refractivity contribution in [2.24, 2.45) is 0 Å². The van der Waals surface area contributed by atoms with Crippen LogP contribution in [0.1, 0.15) is 20.3 Å². The van der Waals surface area contributed by atoms with Crippen LogP contribution in [-0.2, 0) is 4.74 Å². The smallest absolute Gasteiger partial charge is 0.0924 e. The van der Waals surface area contributed by atoms with E-state index in [0.717, 1.165) is 12.2 Å². The lowest BCUT2D eigenvalue weighted by Gasteiger charge is -1.96. The summed E-state index contributed by atoms with van der Waals surface area (Å²) in [5.41, 5.74) is 1.22. The van der Waals surface area contributed by atoms with Gasteiger partial charge < -0.3 is 4.74 Å². The van der Waals surface area contributed by atoms with E-state index in [2.05, 4.69) is 13.5 Å². The molecule has 1 heteroatoms. The molecule has 0 fully saturated rings. The molecule has 0 bridgehead atoms. The van der Waals surface area contributed by atoms with Gasteiger partial charge in [0.05, 0.1) is 12.9 Å². The lowest BCUT2D eigenvalue weighted by atomic mass is 10.2. The third-order valence-corrected chi connectivity index (χ3v) is 1.52. The van der Waals surface area contributed by atoms with Crippen molar-refractivity contribution in [1.29, 1.82) is 0 Å². The summed E-state index contributed by atoms with van der Waals surface area (Å²) in [5.74, 6) is 0.915. The van der Waals surface area contributed by atoms with E-state index < -0.39 is 0 Å². The van der Waals surface area contributed by atoms with Crippen LogP contribution in [0.2, 0.25) is 0 Å². The van der Waals surface area contributed by atoms with Gasteiger partial charge in [0.15, 0.2) is 0 Å². The van der Waals surface area contributed by atoms with Gasteiger partial charge in [-0.2, -0.15) is 0 Å². The molecule has 62 valence electrons. The maximum Gasteiger partial charge on any atom is 0.0924 e. The Morgan fingerprint density at radius 3 is 2.45 bits per heavy atom. The zero-order valence-corrected chi connectivity index (χ0v) is 7.55. The van der Waals surface area contributed by atoms with Crippen LogP contribution >= 0.6 is 0 Å². The summed E-state index contributed by atoms with van der Waals surface area (Å²) in [6, 6.07) is 0. The SMILES string of the molecule is C=CC(=CC=C(C)OC)CC. The molecule has 1 nitrogen and oxygen atoms in total. The van der Waals surface area contributed by atoms with Crippen molar-refractivity contribution in [3.63, 3.8) is 0 Å². The van der Waals surface area contributed by atoms with Crippen LogP contribution in [0.15, 0.2) is 36.1 Å². The highest BCUT2D eigenvalue weighted by molar-refractivity contribution is 5.22. The summed E-state index contributed by atoms with van der Waals surface area (Å²) < 4.78 is 4.97. The van der Waals surface area contributed by atoms with E-state index in [9.17, 15) is 0 Å². The number of allylic oxidation sites excluding steroid dienone is 5. The fourth-order valence-electron chi connectivity index (χ4n) is 0.623. The summed E-state index contributed by atoms with van der Waals surface area (Å²) >= 11 is 0. The molecule has 0 aromatic heterocycles. The normalized spacial score (nSPS) is 13.0. The van der Waals surface area contributed by atoms with E-state index in [0.29, 0.717) is 0 Å². The first-order valence-corrected chi connectivity index (χ1v) is 3.78. The quantitative estimate of drug-likeness (QED) is 0.444. The summed E-state index contributed by atoms with van der Waals surface area (Å²) in [4.78, 5) is 0. The fraction of sp³-hybridized carbons (Fsp3) is 0.400. The minimum Gasteiger partial charge on any atom is -0.501 e. The minimum atomic E-state index is 0.915. The lowest BCUT2D eigenvalue weighted by molar-refractivity contribution is 0.294. The topological polar surface area (TPSA) is 9.23 Å². The Morgan fingerprint density at radius 2 is 2.09 bits per heavy atom. The molecular formula is C10H16O. The molecule has 0 rings (SSSR count).